The van der Waals surface area contributed by atoms with Crippen LogP contribution in [0.2, 0.25) is 0 Å². The quantitative estimate of drug-likeness (QED) is 0.620. The van der Waals surface area contributed by atoms with Gasteiger partial charge < -0.3 is 15.0 Å². The first kappa shape index (κ1) is 20.6. The molecule has 0 spiro atoms. The summed E-state index contributed by atoms with van der Waals surface area (Å²) in [6, 6.07) is 3.67. The largest absolute Gasteiger partial charge is 0.487 e. The van der Waals surface area contributed by atoms with Gasteiger partial charge in [0.2, 0.25) is 0 Å². The molecule has 1 saturated heterocycles. The number of alkyl halides is 3. The van der Waals surface area contributed by atoms with Crippen molar-refractivity contribution >= 4 is 17.3 Å². The van der Waals surface area contributed by atoms with Gasteiger partial charge in [0.05, 0.1) is 42.4 Å². The molecule has 4 rings (SSSR count). The van der Waals surface area contributed by atoms with Crippen molar-refractivity contribution in [3.05, 3.63) is 59.9 Å². The average molecular weight is 436 g/mol. The summed E-state index contributed by atoms with van der Waals surface area (Å²) in [5.74, 6) is -1.73. The number of anilines is 2. The average Bonchev–Trinajstić information content (AvgIpc) is 3.08. The standard InChI is InChI=1S/C19H16F4N6O2/c1-28-8-13(7-25-28)26-18(30)17-16(2-3-24-27-17)29-9-15(10-29)31-14-5-11(19(21,22)23)4-12(20)6-14/h2-8,15H,9-10H2,1H3,(H,26,30). The maximum Gasteiger partial charge on any atom is 0.416 e. The first-order valence-corrected chi connectivity index (χ1v) is 9.10. The van der Waals surface area contributed by atoms with Crippen LogP contribution in [0, 0.1) is 5.82 Å². The molecule has 8 nitrogen and oxygen atoms in total. The van der Waals surface area contributed by atoms with Crippen molar-refractivity contribution in [2.24, 2.45) is 7.05 Å². The SMILES string of the molecule is Cn1cc(NC(=O)c2nnccc2N2CC(Oc3cc(F)cc(C(F)(F)F)c3)C2)cn1. The molecule has 1 amide bonds. The van der Waals surface area contributed by atoms with Gasteiger partial charge in [-0.15, -0.1) is 5.10 Å². The number of halogens is 4. The lowest BCUT2D eigenvalue weighted by molar-refractivity contribution is -0.137. The first-order valence-electron chi connectivity index (χ1n) is 9.10. The molecular weight excluding hydrogens is 420 g/mol. The van der Waals surface area contributed by atoms with E-state index in [9.17, 15) is 22.4 Å². The fourth-order valence-electron chi connectivity index (χ4n) is 3.11. The van der Waals surface area contributed by atoms with E-state index in [1.807, 2.05) is 0 Å². The summed E-state index contributed by atoms with van der Waals surface area (Å²) in [7, 11) is 1.71. The van der Waals surface area contributed by atoms with E-state index in [2.05, 4.69) is 20.6 Å². The van der Waals surface area contributed by atoms with Crippen molar-refractivity contribution in [1.29, 1.82) is 0 Å². The van der Waals surface area contributed by atoms with Crippen molar-refractivity contribution in [1.82, 2.24) is 20.0 Å². The van der Waals surface area contributed by atoms with Gasteiger partial charge in [-0.3, -0.25) is 9.48 Å². The fraction of sp³-hybridized carbons (Fsp3) is 0.263. The second-order valence-electron chi connectivity index (χ2n) is 6.94. The number of carbonyl (C=O) groups excluding carboxylic acids is 1. The predicted octanol–water partition coefficient (Wildman–Crippen LogP) is 2.89. The van der Waals surface area contributed by atoms with Crippen molar-refractivity contribution in [3.63, 3.8) is 0 Å². The van der Waals surface area contributed by atoms with Gasteiger partial charge in [0, 0.05) is 19.3 Å². The summed E-state index contributed by atoms with van der Waals surface area (Å²) < 4.78 is 59.1. The smallest absolute Gasteiger partial charge is 0.416 e. The molecule has 12 heteroatoms. The summed E-state index contributed by atoms with van der Waals surface area (Å²) in [5.41, 5.74) is -0.0618. The van der Waals surface area contributed by atoms with Crippen LogP contribution in [-0.4, -0.2) is 45.1 Å². The number of amides is 1. The van der Waals surface area contributed by atoms with Crippen LogP contribution in [0.15, 0.2) is 42.9 Å². The fourth-order valence-corrected chi connectivity index (χ4v) is 3.11. The summed E-state index contributed by atoms with van der Waals surface area (Å²) in [6.07, 6.45) is -0.631. The molecule has 1 aromatic carbocycles. The molecule has 1 N–H and O–H groups in total. The summed E-state index contributed by atoms with van der Waals surface area (Å²) in [4.78, 5) is 14.3. The van der Waals surface area contributed by atoms with E-state index in [0.717, 1.165) is 12.1 Å². The van der Waals surface area contributed by atoms with Gasteiger partial charge in [-0.25, -0.2) is 4.39 Å². The maximum absolute atomic E-state index is 13.5. The molecule has 1 fully saturated rings. The van der Waals surface area contributed by atoms with Gasteiger partial charge in [-0.1, -0.05) is 0 Å². The van der Waals surface area contributed by atoms with E-state index in [-0.39, 0.29) is 24.5 Å². The number of nitrogens with one attached hydrogen (secondary N) is 1. The molecule has 0 unspecified atom stereocenters. The first-order chi connectivity index (χ1) is 14.7. The van der Waals surface area contributed by atoms with Crippen LogP contribution >= 0.6 is 0 Å². The highest BCUT2D eigenvalue weighted by Crippen LogP contribution is 2.33. The van der Waals surface area contributed by atoms with Crippen molar-refractivity contribution in [2.75, 3.05) is 23.3 Å². The lowest BCUT2D eigenvalue weighted by atomic mass is 10.1. The minimum Gasteiger partial charge on any atom is -0.487 e. The van der Waals surface area contributed by atoms with Crippen molar-refractivity contribution < 1.29 is 27.1 Å². The number of aromatic nitrogens is 4. The van der Waals surface area contributed by atoms with Crippen LogP contribution in [0.1, 0.15) is 16.1 Å². The normalized spacial score (nSPS) is 14.3. The zero-order valence-electron chi connectivity index (χ0n) is 16.1. The highest BCUT2D eigenvalue weighted by atomic mass is 19.4. The molecular formula is C19H16F4N6O2. The van der Waals surface area contributed by atoms with E-state index >= 15 is 0 Å². The summed E-state index contributed by atoms with van der Waals surface area (Å²) in [5, 5.41) is 14.3. The van der Waals surface area contributed by atoms with Gasteiger partial charge in [0.25, 0.3) is 5.91 Å². The van der Waals surface area contributed by atoms with Gasteiger partial charge in [-0.2, -0.15) is 23.4 Å². The number of rotatable bonds is 5. The number of hydrogen-bond acceptors (Lipinski definition) is 6. The molecule has 0 radical (unpaired) electrons. The second kappa shape index (κ2) is 7.85. The molecule has 2 aromatic heterocycles. The lowest BCUT2D eigenvalue weighted by Crippen LogP contribution is -2.54. The van der Waals surface area contributed by atoms with Crippen molar-refractivity contribution in [2.45, 2.75) is 12.3 Å². The lowest BCUT2D eigenvalue weighted by Gasteiger charge is -2.41. The molecule has 1 aliphatic heterocycles. The van der Waals surface area contributed by atoms with Crippen LogP contribution in [0.5, 0.6) is 5.75 Å². The monoisotopic (exact) mass is 436 g/mol. The molecule has 162 valence electrons. The Labute approximate surface area is 173 Å². The van der Waals surface area contributed by atoms with Gasteiger partial charge in [0.15, 0.2) is 5.69 Å². The Morgan fingerprint density at radius 2 is 2.03 bits per heavy atom. The van der Waals surface area contributed by atoms with Crippen LogP contribution in [0.4, 0.5) is 28.9 Å². The molecule has 0 saturated carbocycles. The Bertz CT molecular complexity index is 1110. The van der Waals surface area contributed by atoms with Crippen LogP contribution in [0.3, 0.4) is 0 Å². The third-order valence-electron chi connectivity index (χ3n) is 4.57. The van der Waals surface area contributed by atoms with Crippen LogP contribution in [-0.2, 0) is 13.2 Å². The van der Waals surface area contributed by atoms with E-state index in [0.29, 0.717) is 17.4 Å². The Morgan fingerprint density at radius 3 is 2.71 bits per heavy atom. The third kappa shape index (κ3) is 4.57. The van der Waals surface area contributed by atoms with E-state index in [1.165, 1.54) is 17.1 Å². The van der Waals surface area contributed by atoms with Gasteiger partial charge >= 0.3 is 6.18 Å². The Morgan fingerprint density at radius 1 is 1.26 bits per heavy atom. The number of hydrogen-bond donors (Lipinski definition) is 1. The van der Waals surface area contributed by atoms with Crippen molar-refractivity contribution in [3.8, 4) is 5.75 Å². The highest BCUT2D eigenvalue weighted by molar-refractivity contribution is 6.06. The maximum atomic E-state index is 13.5. The number of ether oxygens (including phenoxy) is 1. The molecule has 3 aromatic rings. The van der Waals surface area contributed by atoms with E-state index in [4.69, 9.17) is 4.74 Å². The number of aryl methyl sites for hydroxylation is 1. The van der Waals surface area contributed by atoms with E-state index < -0.39 is 29.6 Å². The molecule has 3 heterocycles. The van der Waals surface area contributed by atoms with Gasteiger partial charge in [0.1, 0.15) is 17.7 Å². The highest BCUT2D eigenvalue weighted by Gasteiger charge is 2.34. The minimum absolute atomic E-state index is 0.0786. The number of nitrogens with zero attached hydrogens (tertiary/aromatic N) is 5. The molecule has 0 atom stereocenters. The second-order valence-corrected chi connectivity index (χ2v) is 6.94. The molecule has 0 bridgehead atoms. The summed E-state index contributed by atoms with van der Waals surface area (Å²) >= 11 is 0. The third-order valence-corrected chi connectivity index (χ3v) is 4.57. The predicted molar refractivity (Wildman–Crippen MR) is 101 cm³/mol. The Kier molecular flexibility index (Phi) is 5.21. The number of benzene rings is 1. The minimum atomic E-state index is -4.68. The van der Waals surface area contributed by atoms with Crippen LogP contribution in [0.25, 0.3) is 0 Å². The molecule has 31 heavy (non-hydrogen) atoms. The molecule has 0 aliphatic carbocycles. The zero-order valence-corrected chi connectivity index (χ0v) is 16.1. The topological polar surface area (TPSA) is 85.2 Å². The van der Waals surface area contributed by atoms with E-state index in [1.54, 1.807) is 24.2 Å². The summed E-state index contributed by atoms with van der Waals surface area (Å²) in [6.45, 7) is 0.549. The zero-order chi connectivity index (χ0) is 22.2. The van der Waals surface area contributed by atoms with Gasteiger partial charge in [-0.05, 0) is 18.2 Å². The Hall–Kier alpha value is -3.70. The Balaban J connectivity index is 1.43. The number of carbonyl (C=O) groups is 1. The van der Waals surface area contributed by atoms with Crippen LogP contribution < -0.4 is 15.0 Å². The molecule has 1 aliphatic rings.